The Balaban J connectivity index is 2.12. The van der Waals surface area contributed by atoms with Gasteiger partial charge in [0, 0.05) is 0 Å². The molecule has 0 spiro atoms. The maximum Gasteiger partial charge on any atom is 0.328 e. The minimum absolute atomic E-state index is 0.0905. The summed E-state index contributed by atoms with van der Waals surface area (Å²) in [7, 11) is 1.28. The van der Waals surface area contributed by atoms with Gasteiger partial charge >= 0.3 is 11.9 Å². The molecule has 2 rings (SSSR count). The number of hydrogen-bond donors (Lipinski definition) is 3. The lowest BCUT2D eigenvalue weighted by molar-refractivity contribution is -0.146. The lowest BCUT2D eigenvalue weighted by atomic mass is 9.62. The van der Waals surface area contributed by atoms with E-state index in [1.165, 1.54) is 13.5 Å². The summed E-state index contributed by atoms with van der Waals surface area (Å²) in [6, 6.07) is -1.99. The number of aliphatic carboxylic acids is 1. The Morgan fingerprint density at radius 2 is 1.96 bits per heavy atom. The zero-order chi connectivity index (χ0) is 19.0. The highest BCUT2D eigenvalue weighted by atomic mass is 16.5. The van der Waals surface area contributed by atoms with E-state index in [0.717, 1.165) is 12.8 Å². The highest BCUT2D eigenvalue weighted by Crippen LogP contribution is 2.67. The third-order valence-electron chi connectivity index (χ3n) is 6.57. The molecule has 0 aliphatic heterocycles. The van der Waals surface area contributed by atoms with Gasteiger partial charge in [0.15, 0.2) is 0 Å². The Hall–Kier alpha value is -1.63. The van der Waals surface area contributed by atoms with E-state index in [2.05, 4.69) is 26.1 Å². The second kappa shape index (κ2) is 6.94. The maximum absolute atomic E-state index is 12.2. The lowest BCUT2D eigenvalue weighted by Gasteiger charge is -2.44. The van der Waals surface area contributed by atoms with Crippen LogP contribution in [0, 0.1) is 22.7 Å². The summed E-state index contributed by atoms with van der Waals surface area (Å²) in [5.74, 6) is -1.40. The van der Waals surface area contributed by atoms with Crippen molar-refractivity contribution < 1.29 is 24.2 Å². The van der Waals surface area contributed by atoms with Crippen LogP contribution in [0.4, 0.5) is 0 Å². The van der Waals surface area contributed by atoms with Crippen molar-refractivity contribution in [1.29, 1.82) is 0 Å². The van der Waals surface area contributed by atoms with Gasteiger partial charge in [0.25, 0.3) is 0 Å². The molecule has 142 valence electrons. The van der Waals surface area contributed by atoms with Crippen LogP contribution in [0.1, 0.15) is 52.9 Å². The molecule has 2 aliphatic rings. The number of nitrogens with two attached hydrogens (primary N) is 1. The molecule has 0 aromatic carbocycles. The van der Waals surface area contributed by atoms with E-state index in [1.807, 2.05) is 0 Å². The molecule has 0 saturated heterocycles. The Morgan fingerprint density at radius 1 is 1.32 bits per heavy atom. The average Bonchev–Trinajstić information content (AvgIpc) is 2.99. The van der Waals surface area contributed by atoms with Crippen molar-refractivity contribution in [1.82, 2.24) is 5.32 Å². The number of hydrogen-bond acceptors (Lipinski definition) is 5. The first-order valence-corrected chi connectivity index (χ1v) is 8.87. The van der Waals surface area contributed by atoms with Gasteiger partial charge in [0.1, 0.15) is 6.04 Å². The molecule has 2 aliphatic carbocycles. The minimum atomic E-state index is -1.19. The van der Waals surface area contributed by atoms with Crippen LogP contribution in [0.5, 0.6) is 0 Å². The van der Waals surface area contributed by atoms with Crippen LogP contribution in [0.3, 0.4) is 0 Å². The molecule has 0 aromatic rings. The number of fused-ring (bicyclic) bond motifs is 2. The quantitative estimate of drug-likeness (QED) is 0.593. The number of carboxylic acids is 1. The van der Waals surface area contributed by atoms with Gasteiger partial charge in [0.2, 0.25) is 5.91 Å². The Labute approximate surface area is 148 Å². The van der Waals surface area contributed by atoms with Gasteiger partial charge in [-0.1, -0.05) is 20.8 Å². The number of methoxy groups -OCH3 is 1. The summed E-state index contributed by atoms with van der Waals surface area (Å²) in [5.41, 5.74) is 5.86. The normalized spacial score (nSPS) is 32.0. The Bertz CT molecular complexity index is 557. The van der Waals surface area contributed by atoms with Gasteiger partial charge in [-0.25, -0.2) is 4.79 Å². The minimum Gasteiger partial charge on any atom is -0.481 e. The van der Waals surface area contributed by atoms with E-state index in [1.54, 1.807) is 0 Å². The van der Waals surface area contributed by atoms with E-state index in [-0.39, 0.29) is 16.7 Å². The van der Waals surface area contributed by atoms with Crippen LogP contribution in [0.2, 0.25) is 0 Å². The third-order valence-corrected chi connectivity index (χ3v) is 6.57. The van der Waals surface area contributed by atoms with E-state index < -0.39 is 36.4 Å². The molecule has 25 heavy (non-hydrogen) atoms. The third kappa shape index (κ3) is 3.81. The smallest absolute Gasteiger partial charge is 0.328 e. The summed E-state index contributed by atoms with van der Waals surface area (Å²) in [6.45, 7) is 6.73. The Morgan fingerprint density at radius 3 is 2.44 bits per heavy atom. The number of nitrogens with one attached hydrogen (secondary N) is 1. The lowest BCUT2D eigenvalue weighted by Crippen LogP contribution is -2.51. The first-order valence-electron chi connectivity index (χ1n) is 8.87. The van der Waals surface area contributed by atoms with Gasteiger partial charge < -0.3 is 20.9 Å². The highest BCUT2D eigenvalue weighted by molar-refractivity contribution is 5.89. The first-order chi connectivity index (χ1) is 11.5. The molecule has 0 radical (unpaired) electrons. The van der Waals surface area contributed by atoms with Gasteiger partial charge in [-0.15, -0.1) is 0 Å². The van der Waals surface area contributed by atoms with Crippen molar-refractivity contribution in [3.05, 3.63) is 0 Å². The zero-order valence-electron chi connectivity index (χ0n) is 15.5. The van der Waals surface area contributed by atoms with Crippen molar-refractivity contribution in [3.8, 4) is 0 Å². The van der Waals surface area contributed by atoms with Gasteiger partial charge in [-0.3, -0.25) is 9.59 Å². The second-order valence-corrected chi connectivity index (χ2v) is 8.49. The molecule has 1 amide bonds. The monoisotopic (exact) mass is 354 g/mol. The first kappa shape index (κ1) is 19.7. The molecule has 0 heterocycles. The molecule has 4 N–H and O–H groups in total. The van der Waals surface area contributed by atoms with Crippen LogP contribution < -0.4 is 11.1 Å². The van der Waals surface area contributed by atoms with Crippen molar-refractivity contribution in [2.24, 2.45) is 28.4 Å². The fourth-order valence-corrected chi connectivity index (χ4v) is 5.15. The maximum atomic E-state index is 12.2. The standard InChI is InChI=1S/C18H30N2O5/c1-17(2)10-5-6-18(3,9-10)13(17)8-12(16(24)25-4)20-15(23)11(19)7-14(21)22/h10-13H,5-9,19H2,1-4H3,(H,20,23)(H,21,22)/t10?,11-,12-,13?,18?/m0/s1. The number of esters is 1. The van der Waals surface area contributed by atoms with Crippen molar-refractivity contribution in [2.75, 3.05) is 7.11 Å². The summed E-state index contributed by atoms with van der Waals surface area (Å²) in [5, 5.41) is 11.4. The number of carbonyl (C=O) groups excluding carboxylic acids is 2. The summed E-state index contributed by atoms with van der Waals surface area (Å²) in [4.78, 5) is 35.1. The predicted molar refractivity (Wildman–Crippen MR) is 91.5 cm³/mol. The molecule has 2 saturated carbocycles. The number of carbonyl (C=O) groups is 3. The van der Waals surface area contributed by atoms with Crippen LogP contribution in [0.15, 0.2) is 0 Å². The van der Waals surface area contributed by atoms with E-state index in [0.29, 0.717) is 12.3 Å². The number of ether oxygens (including phenoxy) is 1. The Kier molecular flexibility index (Phi) is 5.47. The van der Waals surface area contributed by atoms with E-state index >= 15 is 0 Å². The number of rotatable bonds is 7. The van der Waals surface area contributed by atoms with E-state index in [9.17, 15) is 14.4 Å². The molecular formula is C18H30N2O5. The molecule has 7 nitrogen and oxygen atoms in total. The zero-order valence-corrected chi connectivity index (χ0v) is 15.5. The topological polar surface area (TPSA) is 119 Å². The van der Waals surface area contributed by atoms with Crippen molar-refractivity contribution in [3.63, 3.8) is 0 Å². The molecule has 7 heteroatoms. The van der Waals surface area contributed by atoms with Gasteiger partial charge in [-0.2, -0.15) is 0 Å². The molecule has 0 aromatic heterocycles. The van der Waals surface area contributed by atoms with Gasteiger partial charge in [-0.05, 0) is 48.3 Å². The second-order valence-electron chi connectivity index (χ2n) is 8.49. The summed E-state index contributed by atoms with van der Waals surface area (Å²) in [6.07, 6.45) is 3.49. The van der Waals surface area contributed by atoms with Crippen molar-refractivity contribution >= 4 is 17.8 Å². The summed E-state index contributed by atoms with van der Waals surface area (Å²) >= 11 is 0. The van der Waals surface area contributed by atoms with Crippen LogP contribution in [0.25, 0.3) is 0 Å². The SMILES string of the molecule is COC(=O)[C@H](CC1C2(C)CCC(C2)C1(C)C)NC(=O)[C@@H](N)CC(=O)O. The highest BCUT2D eigenvalue weighted by Gasteiger charge is 2.59. The molecule has 2 fully saturated rings. The predicted octanol–water partition coefficient (Wildman–Crippen LogP) is 1.30. The molecule has 3 unspecified atom stereocenters. The fraction of sp³-hybridized carbons (Fsp3) is 0.833. The molecule has 2 bridgehead atoms. The van der Waals surface area contributed by atoms with Crippen LogP contribution >= 0.6 is 0 Å². The van der Waals surface area contributed by atoms with E-state index in [4.69, 9.17) is 15.6 Å². The summed E-state index contributed by atoms with van der Waals surface area (Å²) < 4.78 is 4.85. The van der Waals surface area contributed by atoms with Gasteiger partial charge in [0.05, 0.1) is 19.6 Å². The number of amides is 1. The molecule has 5 atom stereocenters. The number of carboxylic acid groups (broad SMARTS) is 1. The average molecular weight is 354 g/mol. The van der Waals surface area contributed by atoms with Crippen molar-refractivity contribution in [2.45, 2.75) is 65.0 Å². The fourth-order valence-electron chi connectivity index (χ4n) is 5.15. The largest absolute Gasteiger partial charge is 0.481 e. The van der Waals surface area contributed by atoms with Crippen LogP contribution in [-0.2, 0) is 19.1 Å². The molecular weight excluding hydrogens is 324 g/mol. The van der Waals surface area contributed by atoms with Crippen LogP contribution in [-0.4, -0.2) is 42.1 Å².